The second kappa shape index (κ2) is 3.64. The molecule has 0 aromatic carbocycles. The molecule has 1 aliphatic rings. The standard InChI is InChI=1S/C5H11BrOSi/c6-8-5-1-3-7-4-2-5/h5H,1-4,8H2. The minimum atomic E-state index is 0.101. The van der Waals surface area contributed by atoms with Gasteiger partial charge in [0.15, 0.2) is 0 Å². The molecule has 0 N–H and O–H groups in total. The predicted molar refractivity (Wildman–Crippen MR) is 41.3 cm³/mol. The third kappa shape index (κ3) is 1.88. The molecule has 1 aliphatic heterocycles. The molecule has 0 spiro atoms. The third-order valence-electron chi connectivity index (χ3n) is 1.56. The van der Waals surface area contributed by atoms with Gasteiger partial charge in [0.1, 0.15) is 8.14 Å². The fourth-order valence-corrected chi connectivity index (χ4v) is 3.49. The quantitative estimate of drug-likeness (QED) is 0.449. The molecular formula is C5H11BrOSi. The van der Waals surface area contributed by atoms with E-state index in [9.17, 15) is 0 Å². The first-order valence-corrected chi connectivity index (χ1v) is 7.78. The van der Waals surface area contributed by atoms with E-state index in [1.165, 1.54) is 12.8 Å². The summed E-state index contributed by atoms with van der Waals surface area (Å²) < 4.78 is 5.20. The van der Waals surface area contributed by atoms with Crippen molar-refractivity contribution in [2.45, 2.75) is 18.4 Å². The van der Waals surface area contributed by atoms with Crippen LogP contribution < -0.4 is 0 Å². The molecule has 3 heteroatoms. The summed E-state index contributed by atoms with van der Waals surface area (Å²) in [5, 5.41) is 0. The largest absolute Gasteiger partial charge is 0.381 e. The van der Waals surface area contributed by atoms with E-state index in [0.29, 0.717) is 0 Å². The summed E-state index contributed by atoms with van der Waals surface area (Å²) in [5.74, 6) is 0. The molecule has 0 aromatic rings. The lowest BCUT2D eigenvalue weighted by Gasteiger charge is -2.18. The molecule has 1 saturated heterocycles. The van der Waals surface area contributed by atoms with E-state index < -0.39 is 0 Å². The SMILES string of the molecule is Br[SiH2]C1CCOCC1. The van der Waals surface area contributed by atoms with Crippen LogP contribution in [-0.4, -0.2) is 21.4 Å². The summed E-state index contributed by atoms with van der Waals surface area (Å²) in [5.41, 5.74) is 1.02. The van der Waals surface area contributed by atoms with Crippen molar-refractivity contribution >= 4 is 23.4 Å². The molecule has 1 heterocycles. The summed E-state index contributed by atoms with van der Waals surface area (Å²) in [6.45, 7) is 2.01. The lowest BCUT2D eigenvalue weighted by molar-refractivity contribution is 0.0972. The number of ether oxygens (including phenoxy) is 1. The zero-order chi connectivity index (χ0) is 5.82. The first-order chi connectivity index (χ1) is 3.93. The summed E-state index contributed by atoms with van der Waals surface area (Å²) in [6, 6.07) is 0. The molecule has 0 radical (unpaired) electrons. The van der Waals surface area contributed by atoms with Crippen molar-refractivity contribution in [2.24, 2.45) is 0 Å². The van der Waals surface area contributed by atoms with Crippen LogP contribution in [0.2, 0.25) is 5.54 Å². The van der Waals surface area contributed by atoms with Gasteiger partial charge in [-0.3, -0.25) is 0 Å². The maximum absolute atomic E-state index is 5.20. The van der Waals surface area contributed by atoms with Crippen molar-refractivity contribution in [3.63, 3.8) is 0 Å². The van der Waals surface area contributed by atoms with Gasteiger partial charge in [0.25, 0.3) is 0 Å². The van der Waals surface area contributed by atoms with Gasteiger partial charge in [0.05, 0.1) is 0 Å². The number of halogens is 1. The lowest BCUT2D eigenvalue weighted by Crippen LogP contribution is -2.13. The maximum atomic E-state index is 5.20. The molecule has 0 aromatic heterocycles. The average molecular weight is 195 g/mol. The van der Waals surface area contributed by atoms with E-state index in [2.05, 4.69) is 15.3 Å². The van der Waals surface area contributed by atoms with Crippen molar-refractivity contribution in [3.8, 4) is 0 Å². The summed E-state index contributed by atoms with van der Waals surface area (Å²) >= 11 is 3.59. The van der Waals surface area contributed by atoms with Crippen molar-refractivity contribution in [3.05, 3.63) is 0 Å². The predicted octanol–water partition coefficient (Wildman–Crippen LogP) is 1.06. The van der Waals surface area contributed by atoms with Gasteiger partial charge in [-0.05, 0) is 18.4 Å². The highest BCUT2D eigenvalue weighted by molar-refractivity contribution is 9.23. The molecule has 0 atom stereocenters. The first kappa shape index (κ1) is 6.77. The van der Waals surface area contributed by atoms with E-state index in [1.807, 2.05) is 0 Å². The van der Waals surface area contributed by atoms with Crippen molar-refractivity contribution in [2.75, 3.05) is 13.2 Å². The Balaban J connectivity index is 2.13. The van der Waals surface area contributed by atoms with Crippen molar-refractivity contribution < 1.29 is 4.74 Å². The molecule has 0 amide bonds. The Bertz CT molecular complexity index is 63.4. The molecule has 1 fully saturated rings. The minimum Gasteiger partial charge on any atom is -0.381 e. The normalized spacial score (nSPS) is 25.1. The summed E-state index contributed by atoms with van der Waals surface area (Å²) in [4.78, 5) is 0. The molecule has 48 valence electrons. The van der Waals surface area contributed by atoms with Gasteiger partial charge in [0, 0.05) is 13.2 Å². The lowest BCUT2D eigenvalue weighted by atomic mass is 10.2. The Morgan fingerprint density at radius 3 is 2.38 bits per heavy atom. The Hall–Kier alpha value is 0.657. The van der Waals surface area contributed by atoms with Crippen LogP contribution in [0.1, 0.15) is 12.8 Å². The molecule has 0 saturated carbocycles. The van der Waals surface area contributed by atoms with Crippen LogP contribution in [0.15, 0.2) is 0 Å². The van der Waals surface area contributed by atoms with Crippen molar-refractivity contribution in [1.29, 1.82) is 0 Å². The molecule has 8 heavy (non-hydrogen) atoms. The number of hydrogen-bond donors (Lipinski definition) is 0. The average Bonchev–Trinajstić information content (AvgIpc) is 1.90. The molecule has 0 aliphatic carbocycles. The first-order valence-electron chi connectivity index (χ1n) is 3.07. The fourth-order valence-electron chi connectivity index (χ4n) is 0.901. The highest BCUT2D eigenvalue weighted by Crippen LogP contribution is 2.20. The second-order valence-electron chi connectivity index (χ2n) is 2.21. The highest BCUT2D eigenvalue weighted by Gasteiger charge is 2.11. The summed E-state index contributed by atoms with van der Waals surface area (Å²) in [7, 11) is 0.101. The third-order valence-corrected chi connectivity index (χ3v) is 5.56. The van der Waals surface area contributed by atoms with Crippen LogP contribution in [0.25, 0.3) is 0 Å². The van der Waals surface area contributed by atoms with Gasteiger partial charge in [-0.15, -0.1) is 15.3 Å². The van der Waals surface area contributed by atoms with Crippen LogP contribution in [-0.2, 0) is 4.74 Å². The molecule has 0 unspecified atom stereocenters. The van der Waals surface area contributed by atoms with E-state index in [0.717, 1.165) is 18.8 Å². The smallest absolute Gasteiger partial charge is 0.102 e. The van der Waals surface area contributed by atoms with Gasteiger partial charge in [-0.2, -0.15) is 0 Å². The van der Waals surface area contributed by atoms with E-state index in [4.69, 9.17) is 4.74 Å². The van der Waals surface area contributed by atoms with Crippen LogP contribution in [0.5, 0.6) is 0 Å². The van der Waals surface area contributed by atoms with Crippen LogP contribution >= 0.6 is 15.3 Å². The maximum Gasteiger partial charge on any atom is 0.102 e. The van der Waals surface area contributed by atoms with Crippen LogP contribution in [0, 0.1) is 0 Å². The van der Waals surface area contributed by atoms with Gasteiger partial charge in [0.2, 0.25) is 0 Å². The van der Waals surface area contributed by atoms with Crippen molar-refractivity contribution in [1.82, 2.24) is 0 Å². The van der Waals surface area contributed by atoms with Gasteiger partial charge in [-0.1, -0.05) is 0 Å². The highest BCUT2D eigenvalue weighted by atomic mass is 79.9. The van der Waals surface area contributed by atoms with Gasteiger partial charge >= 0.3 is 0 Å². The molecular weight excluding hydrogens is 184 g/mol. The van der Waals surface area contributed by atoms with Gasteiger partial charge < -0.3 is 4.74 Å². The molecule has 1 nitrogen and oxygen atoms in total. The monoisotopic (exact) mass is 194 g/mol. The Kier molecular flexibility index (Phi) is 3.08. The zero-order valence-corrected chi connectivity index (χ0v) is 7.90. The molecule has 1 rings (SSSR count). The number of hydrogen-bond acceptors (Lipinski definition) is 1. The van der Waals surface area contributed by atoms with E-state index in [1.54, 1.807) is 0 Å². The van der Waals surface area contributed by atoms with E-state index >= 15 is 0 Å². The topological polar surface area (TPSA) is 9.23 Å². The van der Waals surface area contributed by atoms with E-state index in [-0.39, 0.29) is 8.14 Å². The second-order valence-corrected chi connectivity index (χ2v) is 5.62. The Morgan fingerprint density at radius 1 is 1.38 bits per heavy atom. The summed E-state index contributed by atoms with van der Waals surface area (Å²) in [6.07, 6.45) is 2.61. The fraction of sp³-hybridized carbons (Fsp3) is 1.00. The van der Waals surface area contributed by atoms with Crippen LogP contribution in [0.3, 0.4) is 0 Å². The minimum absolute atomic E-state index is 0.101. The molecule has 0 bridgehead atoms. The Morgan fingerprint density at radius 2 is 2.00 bits per heavy atom. The Labute approximate surface area is 60.2 Å². The van der Waals surface area contributed by atoms with Gasteiger partial charge in [-0.25, -0.2) is 0 Å². The zero-order valence-electron chi connectivity index (χ0n) is 4.90. The number of rotatable bonds is 1. The van der Waals surface area contributed by atoms with Crippen LogP contribution in [0.4, 0.5) is 0 Å².